The Morgan fingerprint density at radius 1 is 1.26 bits per heavy atom. The van der Waals surface area contributed by atoms with Crippen LogP contribution in [0, 0.1) is 17.1 Å². The highest BCUT2D eigenvalue weighted by Gasteiger charge is 2.08. The van der Waals surface area contributed by atoms with Gasteiger partial charge >= 0.3 is 0 Å². The quantitative estimate of drug-likeness (QED) is 0.858. The van der Waals surface area contributed by atoms with E-state index in [1.165, 1.54) is 12.1 Å². The molecule has 0 aliphatic heterocycles. The lowest BCUT2D eigenvalue weighted by Gasteiger charge is -2.20. The van der Waals surface area contributed by atoms with Crippen LogP contribution >= 0.6 is 0 Å². The van der Waals surface area contributed by atoms with Gasteiger partial charge in [-0.05, 0) is 36.4 Å². The van der Waals surface area contributed by atoms with E-state index >= 15 is 0 Å². The van der Waals surface area contributed by atoms with Gasteiger partial charge in [-0.1, -0.05) is 6.07 Å². The summed E-state index contributed by atoms with van der Waals surface area (Å²) in [5.74, 6) is -0.310. The molecule has 0 bridgehead atoms. The molecule has 0 aliphatic carbocycles. The van der Waals surface area contributed by atoms with E-state index in [1.54, 1.807) is 12.1 Å². The zero-order valence-corrected chi connectivity index (χ0v) is 10.6. The lowest BCUT2D eigenvalue weighted by atomic mass is 10.1. The second kappa shape index (κ2) is 5.40. The molecule has 2 rings (SSSR count). The molecular weight excluding hydrogens is 241 g/mol. The van der Waals surface area contributed by atoms with Crippen LogP contribution in [-0.4, -0.2) is 7.05 Å². The smallest absolute Gasteiger partial charge is 0.128 e. The van der Waals surface area contributed by atoms with Crippen LogP contribution in [0.1, 0.15) is 11.1 Å². The highest BCUT2D eigenvalue weighted by atomic mass is 19.1. The van der Waals surface area contributed by atoms with Crippen LogP contribution in [0.2, 0.25) is 0 Å². The predicted octanol–water partition coefficient (Wildman–Crippen LogP) is 2.92. The normalized spacial score (nSPS) is 9.95. The van der Waals surface area contributed by atoms with E-state index in [0.717, 1.165) is 5.69 Å². The number of nitrogens with two attached hydrogens (primary N) is 1. The number of benzene rings is 2. The minimum absolute atomic E-state index is 0.310. The Labute approximate surface area is 111 Å². The average molecular weight is 255 g/mol. The molecule has 0 aromatic heterocycles. The molecular formula is C15H14FN3. The molecule has 0 atom stereocenters. The summed E-state index contributed by atoms with van der Waals surface area (Å²) < 4.78 is 13.7. The van der Waals surface area contributed by atoms with Crippen molar-refractivity contribution in [2.75, 3.05) is 17.7 Å². The zero-order chi connectivity index (χ0) is 13.8. The Balaban J connectivity index is 2.24. The van der Waals surface area contributed by atoms with Crippen molar-refractivity contribution < 1.29 is 4.39 Å². The standard InChI is InChI=1S/C15H14FN3/c1-19(14-4-2-3-13(18)8-14)10-12-7-11(9-17)5-6-15(12)16/h2-8H,10,18H2,1H3. The molecule has 2 aromatic rings. The van der Waals surface area contributed by atoms with Gasteiger partial charge in [0.1, 0.15) is 5.82 Å². The monoisotopic (exact) mass is 255 g/mol. The first-order valence-electron chi connectivity index (χ1n) is 5.85. The summed E-state index contributed by atoms with van der Waals surface area (Å²) in [6.07, 6.45) is 0. The van der Waals surface area contributed by atoms with Crippen LogP contribution in [0.4, 0.5) is 15.8 Å². The van der Waals surface area contributed by atoms with Gasteiger partial charge in [-0.15, -0.1) is 0 Å². The van der Waals surface area contributed by atoms with Crippen LogP contribution < -0.4 is 10.6 Å². The average Bonchev–Trinajstić information content (AvgIpc) is 2.41. The number of hydrogen-bond donors (Lipinski definition) is 1. The van der Waals surface area contributed by atoms with E-state index in [2.05, 4.69) is 0 Å². The fourth-order valence-electron chi connectivity index (χ4n) is 1.87. The maximum absolute atomic E-state index is 13.7. The summed E-state index contributed by atoms with van der Waals surface area (Å²) >= 11 is 0. The summed E-state index contributed by atoms with van der Waals surface area (Å²) in [6, 6.07) is 13.8. The largest absolute Gasteiger partial charge is 0.399 e. The molecule has 0 amide bonds. The number of nitrogen functional groups attached to an aromatic ring is 1. The van der Waals surface area contributed by atoms with Crippen molar-refractivity contribution in [3.63, 3.8) is 0 Å². The van der Waals surface area contributed by atoms with Gasteiger partial charge < -0.3 is 10.6 Å². The Bertz CT molecular complexity index is 632. The topological polar surface area (TPSA) is 53.0 Å². The lowest BCUT2D eigenvalue weighted by Crippen LogP contribution is -2.17. The lowest BCUT2D eigenvalue weighted by molar-refractivity contribution is 0.607. The Hall–Kier alpha value is -2.54. The Morgan fingerprint density at radius 3 is 2.74 bits per heavy atom. The van der Waals surface area contributed by atoms with Gasteiger partial charge in [-0.25, -0.2) is 4.39 Å². The first kappa shape index (κ1) is 12.9. The third-order valence-electron chi connectivity index (χ3n) is 2.89. The molecule has 19 heavy (non-hydrogen) atoms. The van der Waals surface area contributed by atoms with Crippen molar-refractivity contribution in [2.45, 2.75) is 6.54 Å². The van der Waals surface area contributed by atoms with E-state index in [-0.39, 0.29) is 5.82 Å². The maximum atomic E-state index is 13.7. The SMILES string of the molecule is CN(Cc1cc(C#N)ccc1F)c1cccc(N)c1. The second-order valence-corrected chi connectivity index (χ2v) is 4.37. The van der Waals surface area contributed by atoms with Gasteiger partial charge in [0.15, 0.2) is 0 Å². The van der Waals surface area contributed by atoms with Crippen molar-refractivity contribution in [1.82, 2.24) is 0 Å². The van der Waals surface area contributed by atoms with Crippen LogP contribution in [-0.2, 0) is 6.54 Å². The zero-order valence-electron chi connectivity index (χ0n) is 10.6. The predicted molar refractivity (Wildman–Crippen MR) is 74.1 cm³/mol. The highest BCUT2D eigenvalue weighted by molar-refractivity contribution is 5.55. The van der Waals surface area contributed by atoms with E-state index < -0.39 is 0 Å². The van der Waals surface area contributed by atoms with Crippen molar-refractivity contribution in [2.24, 2.45) is 0 Å². The molecule has 0 radical (unpaired) electrons. The van der Waals surface area contributed by atoms with Gasteiger partial charge in [0.05, 0.1) is 11.6 Å². The molecule has 0 heterocycles. The molecule has 4 heteroatoms. The van der Waals surface area contributed by atoms with Gasteiger partial charge in [-0.3, -0.25) is 0 Å². The molecule has 0 unspecified atom stereocenters. The van der Waals surface area contributed by atoms with Crippen molar-refractivity contribution in [3.05, 3.63) is 59.4 Å². The molecule has 2 aromatic carbocycles. The fourth-order valence-corrected chi connectivity index (χ4v) is 1.87. The first-order chi connectivity index (χ1) is 9.10. The second-order valence-electron chi connectivity index (χ2n) is 4.37. The molecule has 0 fully saturated rings. The van der Waals surface area contributed by atoms with Crippen LogP contribution in [0.25, 0.3) is 0 Å². The molecule has 3 nitrogen and oxygen atoms in total. The van der Waals surface area contributed by atoms with Gasteiger partial charge in [0.2, 0.25) is 0 Å². The van der Waals surface area contributed by atoms with Crippen molar-refractivity contribution in [3.8, 4) is 6.07 Å². The highest BCUT2D eigenvalue weighted by Crippen LogP contribution is 2.20. The number of rotatable bonds is 3. The van der Waals surface area contributed by atoms with E-state index in [4.69, 9.17) is 11.0 Å². The molecule has 2 N–H and O–H groups in total. The van der Waals surface area contributed by atoms with Crippen molar-refractivity contribution >= 4 is 11.4 Å². The van der Waals surface area contributed by atoms with Crippen LogP contribution in [0.5, 0.6) is 0 Å². The molecule has 0 saturated carbocycles. The summed E-state index contributed by atoms with van der Waals surface area (Å²) in [5, 5.41) is 8.84. The number of hydrogen-bond acceptors (Lipinski definition) is 3. The molecule has 0 spiro atoms. The number of nitriles is 1. The van der Waals surface area contributed by atoms with E-state index in [0.29, 0.717) is 23.4 Å². The third kappa shape index (κ3) is 3.02. The number of halogens is 1. The van der Waals surface area contributed by atoms with Crippen LogP contribution in [0.3, 0.4) is 0 Å². The van der Waals surface area contributed by atoms with Gasteiger partial charge in [-0.2, -0.15) is 5.26 Å². The minimum Gasteiger partial charge on any atom is -0.399 e. The Kier molecular flexibility index (Phi) is 3.67. The minimum atomic E-state index is -0.310. The summed E-state index contributed by atoms with van der Waals surface area (Å²) in [7, 11) is 1.85. The van der Waals surface area contributed by atoms with Crippen LogP contribution in [0.15, 0.2) is 42.5 Å². The summed E-state index contributed by atoms with van der Waals surface area (Å²) in [5.41, 5.74) is 8.23. The molecule has 96 valence electrons. The van der Waals surface area contributed by atoms with Gasteiger partial charge in [0, 0.05) is 30.5 Å². The Morgan fingerprint density at radius 2 is 2.05 bits per heavy atom. The fraction of sp³-hybridized carbons (Fsp3) is 0.133. The molecule has 0 saturated heterocycles. The maximum Gasteiger partial charge on any atom is 0.128 e. The number of anilines is 2. The van der Waals surface area contributed by atoms with Crippen molar-refractivity contribution in [1.29, 1.82) is 5.26 Å². The first-order valence-corrected chi connectivity index (χ1v) is 5.85. The van der Waals surface area contributed by atoms with Gasteiger partial charge in [0.25, 0.3) is 0 Å². The number of nitrogens with zero attached hydrogens (tertiary/aromatic N) is 2. The summed E-state index contributed by atoms with van der Waals surface area (Å²) in [4.78, 5) is 1.88. The van der Waals surface area contributed by atoms with E-state index in [1.807, 2.05) is 36.2 Å². The molecule has 0 aliphatic rings. The summed E-state index contributed by atoms with van der Waals surface area (Å²) in [6.45, 7) is 0.380. The van der Waals surface area contributed by atoms with E-state index in [9.17, 15) is 4.39 Å². The third-order valence-corrected chi connectivity index (χ3v) is 2.89.